The zero-order valence-electron chi connectivity index (χ0n) is 9.85. The number of nitrogens with zero attached hydrogens (tertiary/aromatic N) is 1. The lowest BCUT2D eigenvalue weighted by Crippen LogP contribution is -2.23. The van der Waals surface area contributed by atoms with Crippen LogP contribution in [0, 0.1) is 5.92 Å². The third-order valence-corrected chi connectivity index (χ3v) is 4.17. The molecule has 2 atom stereocenters. The molecule has 0 saturated carbocycles. The van der Waals surface area contributed by atoms with E-state index in [1.54, 1.807) is 18.4 Å². The minimum Gasteiger partial charge on any atom is -0.496 e. The van der Waals surface area contributed by atoms with E-state index in [1.165, 1.54) is 4.88 Å². The van der Waals surface area contributed by atoms with E-state index >= 15 is 0 Å². The number of aliphatic hydroxyl groups is 1. The molecule has 0 bridgehead atoms. The lowest BCUT2D eigenvalue weighted by molar-refractivity contribution is 0.127. The van der Waals surface area contributed by atoms with Gasteiger partial charge in [0.05, 0.1) is 18.1 Å². The molecular formula is C12H19NO2S. The van der Waals surface area contributed by atoms with Gasteiger partial charge in [-0.2, -0.15) is 0 Å². The molecule has 0 aliphatic carbocycles. The molecule has 2 rings (SSSR count). The molecule has 1 aromatic rings. The molecule has 1 fully saturated rings. The maximum absolute atomic E-state index is 9.55. The van der Waals surface area contributed by atoms with E-state index < -0.39 is 0 Å². The van der Waals surface area contributed by atoms with E-state index in [0.717, 1.165) is 31.8 Å². The van der Waals surface area contributed by atoms with Crippen LogP contribution >= 0.6 is 11.3 Å². The van der Waals surface area contributed by atoms with Gasteiger partial charge < -0.3 is 9.84 Å². The first-order valence-electron chi connectivity index (χ1n) is 5.71. The molecule has 4 heteroatoms. The predicted octanol–water partition coefficient (Wildman–Crippen LogP) is 1.96. The summed E-state index contributed by atoms with van der Waals surface area (Å²) in [6.07, 6.45) is 0.918. The molecule has 0 spiro atoms. The fourth-order valence-electron chi connectivity index (χ4n) is 2.23. The van der Waals surface area contributed by atoms with Gasteiger partial charge in [0.2, 0.25) is 0 Å². The third kappa shape index (κ3) is 2.56. The van der Waals surface area contributed by atoms with Gasteiger partial charge in [0, 0.05) is 13.1 Å². The van der Waals surface area contributed by atoms with E-state index in [1.807, 2.05) is 13.0 Å². The van der Waals surface area contributed by atoms with Crippen LogP contribution in [0.15, 0.2) is 11.4 Å². The summed E-state index contributed by atoms with van der Waals surface area (Å²) < 4.78 is 5.30. The van der Waals surface area contributed by atoms with Crippen LogP contribution in [0.1, 0.15) is 18.2 Å². The molecular weight excluding hydrogens is 222 g/mol. The van der Waals surface area contributed by atoms with E-state index in [2.05, 4.69) is 10.3 Å². The highest BCUT2D eigenvalue weighted by atomic mass is 32.1. The first-order chi connectivity index (χ1) is 7.70. The minimum absolute atomic E-state index is 0.185. The number of ether oxygens (including phenoxy) is 1. The molecule has 0 radical (unpaired) electrons. The van der Waals surface area contributed by atoms with Crippen LogP contribution in [0.5, 0.6) is 5.75 Å². The van der Waals surface area contributed by atoms with Crippen molar-refractivity contribution in [1.82, 2.24) is 4.90 Å². The molecule has 1 N–H and O–H groups in total. The van der Waals surface area contributed by atoms with Gasteiger partial charge in [-0.3, -0.25) is 4.90 Å². The van der Waals surface area contributed by atoms with Gasteiger partial charge in [-0.1, -0.05) is 0 Å². The lowest BCUT2D eigenvalue weighted by atomic mass is 10.0. The highest BCUT2D eigenvalue weighted by Gasteiger charge is 2.26. The molecule has 90 valence electrons. The highest BCUT2D eigenvalue weighted by Crippen LogP contribution is 2.28. The van der Waals surface area contributed by atoms with Crippen LogP contribution in [0.2, 0.25) is 0 Å². The second-order valence-corrected chi connectivity index (χ2v) is 5.44. The average molecular weight is 241 g/mol. The Morgan fingerprint density at radius 1 is 1.69 bits per heavy atom. The summed E-state index contributed by atoms with van der Waals surface area (Å²) in [4.78, 5) is 3.68. The van der Waals surface area contributed by atoms with Crippen molar-refractivity contribution < 1.29 is 9.84 Å². The number of methoxy groups -OCH3 is 1. The average Bonchev–Trinajstić information content (AvgIpc) is 2.87. The van der Waals surface area contributed by atoms with Crippen LogP contribution in [0.25, 0.3) is 0 Å². The molecule has 1 aliphatic rings. The fraction of sp³-hybridized carbons (Fsp3) is 0.667. The Kier molecular flexibility index (Phi) is 3.84. The summed E-state index contributed by atoms with van der Waals surface area (Å²) in [7, 11) is 1.72. The summed E-state index contributed by atoms with van der Waals surface area (Å²) in [5, 5.41) is 11.6. The summed E-state index contributed by atoms with van der Waals surface area (Å²) in [6, 6.07) is 2.02. The molecule has 3 nitrogen and oxygen atoms in total. The Balaban J connectivity index is 1.92. The van der Waals surface area contributed by atoms with Crippen LogP contribution in [0.4, 0.5) is 0 Å². The maximum Gasteiger partial charge on any atom is 0.134 e. The summed E-state index contributed by atoms with van der Waals surface area (Å²) in [5.74, 6) is 1.43. The number of rotatable bonds is 4. The van der Waals surface area contributed by atoms with Crippen LogP contribution < -0.4 is 4.74 Å². The van der Waals surface area contributed by atoms with Crippen molar-refractivity contribution in [2.24, 2.45) is 5.92 Å². The molecule has 0 amide bonds. The normalized spacial score (nSPS) is 23.6. The molecule has 2 heterocycles. The van der Waals surface area contributed by atoms with Crippen LogP contribution in [0.3, 0.4) is 0 Å². The van der Waals surface area contributed by atoms with Crippen LogP contribution in [-0.4, -0.2) is 36.3 Å². The summed E-state index contributed by atoms with van der Waals surface area (Å²) in [5.41, 5.74) is 0. The van der Waals surface area contributed by atoms with Crippen molar-refractivity contribution in [2.75, 3.05) is 20.2 Å². The summed E-state index contributed by atoms with van der Waals surface area (Å²) >= 11 is 1.74. The topological polar surface area (TPSA) is 32.7 Å². The molecule has 1 aliphatic heterocycles. The molecule has 0 aromatic carbocycles. The second-order valence-electron chi connectivity index (χ2n) is 4.44. The molecule has 1 saturated heterocycles. The third-order valence-electron chi connectivity index (χ3n) is 3.28. The molecule has 1 aromatic heterocycles. The van der Waals surface area contributed by atoms with E-state index in [-0.39, 0.29) is 6.10 Å². The smallest absolute Gasteiger partial charge is 0.134 e. The van der Waals surface area contributed by atoms with Gasteiger partial charge in [-0.05, 0) is 37.3 Å². The quantitative estimate of drug-likeness (QED) is 0.874. The van der Waals surface area contributed by atoms with Gasteiger partial charge in [0.25, 0.3) is 0 Å². The highest BCUT2D eigenvalue weighted by molar-refractivity contribution is 7.10. The lowest BCUT2D eigenvalue weighted by Gasteiger charge is -2.17. The minimum atomic E-state index is -0.185. The first-order valence-corrected chi connectivity index (χ1v) is 6.59. The summed E-state index contributed by atoms with van der Waals surface area (Å²) in [6.45, 7) is 4.92. The maximum atomic E-state index is 9.55. The Morgan fingerprint density at radius 3 is 3.12 bits per heavy atom. The Labute approximate surface area is 101 Å². The monoisotopic (exact) mass is 241 g/mol. The Morgan fingerprint density at radius 2 is 2.50 bits per heavy atom. The van der Waals surface area contributed by atoms with Crippen molar-refractivity contribution in [3.8, 4) is 5.75 Å². The van der Waals surface area contributed by atoms with Crippen molar-refractivity contribution in [3.63, 3.8) is 0 Å². The molecule has 16 heavy (non-hydrogen) atoms. The largest absolute Gasteiger partial charge is 0.496 e. The number of aliphatic hydroxyl groups excluding tert-OH is 1. The van der Waals surface area contributed by atoms with Gasteiger partial charge in [-0.15, -0.1) is 11.3 Å². The number of thiophene rings is 1. The van der Waals surface area contributed by atoms with Gasteiger partial charge in [0.15, 0.2) is 0 Å². The van der Waals surface area contributed by atoms with E-state index in [4.69, 9.17) is 4.74 Å². The van der Waals surface area contributed by atoms with E-state index in [0.29, 0.717) is 5.92 Å². The fourth-order valence-corrected chi connectivity index (χ4v) is 3.11. The Bertz CT molecular complexity index is 338. The molecule has 2 unspecified atom stereocenters. The SMILES string of the molecule is COc1ccsc1CN1CCC(C(C)O)C1. The standard InChI is InChI=1S/C12H19NO2S/c1-9(14)10-3-5-13(7-10)8-12-11(15-2)4-6-16-12/h4,6,9-10,14H,3,5,7-8H2,1-2H3. The predicted molar refractivity (Wildman–Crippen MR) is 65.9 cm³/mol. The van der Waals surface area contributed by atoms with Crippen molar-refractivity contribution in [2.45, 2.75) is 26.0 Å². The van der Waals surface area contributed by atoms with Gasteiger partial charge in [0.1, 0.15) is 5.75 Å². The van der Waals surface area contributed by atoms with E-state index in [9.17, 15) is 5.11 Å². The van der Waals surface area contributed by atoms with Crippen molar-refractivity contribution >= 4 is 11.3 Å². The first kappa shape index (κ1) is 11.9. The second kappa shape index (κ2) is 5.17. The number of hydrogen-bond acceptors (Lipinski definition) is 4. The van der Waals surface area contributed by atoms with Crippen LogP contribution in [-0.2, 0) is 6.54 Å². The zero-order valence-corrected chi connectivity index (χ0v) is 10.7. The Hall–Kier alpha value is -0.580. The number of hydrogen-bond donors (Lipinski definition) is 1. The number of likely N-dealkylation sites (tertiary alicyclic amines) is 1. The zero-order chi connectivity index (χ0) is 11.5. The van der Waals surface area contributed by atoms with Crippen molar-refractivity contribution in [1.29, 1.82) is 0 Å². The van der Waals surface area contributed by atoms with Gasteiger partial charge in [-0.25, -0.2) is 0 Å². The van der Waals surface area contributed by atoms with Crippen molar-refractivity contribution in [3.05, 3.63) is 16.3 Å². The van der Waals surface area contributed by atoms with Gasteiger partial charge >= 0.3 is 0 Å².